The maximum Gasteiger partial charge on any atom is 0.273 e. The summed E-state index contributed by atoms with van der Waals surface area (Å²) in [6.45, 7) is 4.01. The second-order valence-electron chi connectivity index (χ2n) is 5.13. The molecule has 0 aliphatic rings. The van der Waals surface area contributed by atoms with Crippen molar-refractivity contribution in [1.29, 1.82) is 0 Å². The van der Waals surface area contributed by atoms with E-state index < -0.39 is 0 Å². The minimum Gasteiger partial charge on any atom is -0.321 e. The first-order chi connectivity index (χ1) is 10.6. The van der Waals surface area contributed by atoms with Gasteiger partial charge in [0.15, 0.2) is 0 Å². The van der Waals surface area contributed by atoms with Gasteiger partial charge in [-0.15, -0.1) is 0 Å². The van der Waals surface area contributed by atoms with Gasteiger partial charge in [-0.1, -0.05) is 0 Å². The molecule has 0 unspecified atom stereocenters. The van der Waals surface area contributed by atoms with Crippen LogP contribution in [0.3, 0.4) is 0 Å². The van der Waals surface area contributed by atoms with Gasteiger partial charge in [-0.2, -0.15) is 5.10 Å². The van der Waals surface area contributed by atoms with E-state index in [-0.39, 0.29) is 5.91 Å². The number of aromatic nitrogens is 4. The molecule has 2 heterocycles. The lowest BCUT2D eigenvalue weighted by molar-refractivity contribution is 0.101. The van der Waals surface area contributed by atoms with Gasteiger partial charge in [-0.05, 0) is 44.2 Å². The van der Waals surface area contributed by atoms with Crippen molar-refractivity contribution < 1.29 is 4.79 Å². The second kappa shape index (κ2) is 5.48. The van der Waals surface area contributed by atoms with Gasteiger partial charge < -0.3 is 9.88 Å². The molecule has 1 amide bonds. The minimum absolute atomic E-state index is 0.178. The van der Waals surface area contributed by atoms with Gasteiger partial charge in [0.2, 0.25) is 0 Å². The molecule has 0 radical (unpaired) electrons. The summed E-state index contributed by atoms with van der Waals surface area (Å²) < 4.78 is 3.56. The third-order valence-corrected chi connectivity index (χ3v) is 3.71. The second-order valence-corrected chi connectivity index (χ2v) is 5.13. The fourth-order valence-corrected chi connectivity index (χ4v) is 2.26. The Morgan fingerprint density at radius 2 is 1.86 bits per heavy atom. The Morgan fingerprint density at radius 1 is 1.14 bits per heavy atom. The summed E-state index contributed by atoms with van der Waals surface area (Å²) in [5.41, 5.74) is 4.38. The molecule has 3 rings (SSSR count). The Hall–Kier alpha value is -2.89. The van der Waals surface area contributed by atoms with Crippen molar-refractivity contribution in [2.24, 2.45) is 7.05 Å². The van der Waals surface area contributed by atoms with Crippen LogP contribution in [0.5, 0.6) is 0 Å². The van der Waals surface area contributed by atoms with Crippen LogP contribution in [0.4, 0.5) is 5.69 Å². The van der Waals surface area contributed by atoms with Crippen molar-refractivity contribution >= 4 is 11.6 Å². The number of carbonyl (C=O) groups excluding carboxylic acids is 1. The molecule has 0 bridgehead atoms. The highest BCUT2D eigenvalue weighted by molar-refractivity contribution is 6.03. The zero-order valence-corrected chi connectivity index (χ0v) is 12.7. The summed E-state index contributed by atoms with van der Waals surface area (Å²) in [5.74, 6) is -0.178. The largest absolute Gasteiger partial charge is 0.321 e. The van der Waals surface area contributed by atoms with E-state index in [1.807, 2.05) is 42.7 Å². The van der Waals surface area contributed by atoms with Gasteiger partial charge in [-0.3, -0.25) is 9.48 Å². The van der Waals surface area contributed by atoms with E-state index >= 15 is 0 Å². The van der Waals surface area contributed by atoms with Crippen LogP contribution in [0.25, 0.3) is 5.69 Å². The number of nitrogens with zero attached hydrogens (tertiary/aromatic N) is 4. The van der Waals surface area contributed by atoms with E-state index in [1.165, 1.54) is 0 Å². The van der Waals surface area contributed by atoms with Crippen molar-refractivity contribution in [2.45, 2.75) is 13.8 Å². The van der Waals surface area contributed by atoms with E-state index in [0.717, 1.165) is 22.8 Å². The quantitative estimate of drug-likeness (QED) is 0.807. The lowest BCUT2D eigenvalue weighted by atomic mass is 10.2. The molecule has 0 atom stereocenters. The van der Waals surface area contributed by atoms with Crippen molar-refractivity contribution in [2.75, 3.05) is 5.32 Å². The van der Waals surface area contributed by atoms with E-state index in [0.29, 0.717) is 5.69 Å². The lowest BCUT2D eigenvalue weighted by Crippen LogP contribution is -2.16. The van der Waals surface area contributed by atoms with Crippen LogP contribution in [0.15, 0.2) is 42.9 Å². The summed E-state index contributed by atoms with van der Waals surface area (Å²) in [6.07, 6.45) is 3.40. The van der Waals surface area contributed by atoms with Crippen LogP contribution in [-0.2, 0) is 7.05 Å². The maximum atomic E-state index is 12.1. The molecule has 3 aromatic rings. The molecule has 0 spiro atoms. The van der Waals surface area contributed by atoms with Gasteiger partial charge in [0, 0.05) is 30.3 Å². The highest BCUT2D eigenvalue weighted by Gasteiger charge is 2.10. The molecule has 112 valence electrons. The van der Waals surface area contributed by atoms with Crippen molar-refractivity contribution in [1.82, 2.24) is 19.3 Å². The topological polar surface area (TPSA) is 64.7 Å². The molecule has 0 aliphatic carbocycles. The number of rotatable bonds is 3. The molecule has 1 aromatic carbocycles. The Labute approximate surface area is 128 Å². The summed E-state index contributed by atoms with van der Waals surface area (Å²) in [4.78, 5) is 16.4. The number of carbonyl (C=O) groups is 1. The molecule has 1 N–H and O–H groups in total. The first-order valence-corrected chi connectivity index (χ1v) is 6.96. The molecule has 6 nitrogen and oxygen atoms in total. The number of anilines is 1. The number of imidazole rings is 1. The number of hydrogen-bond acceptors (Lipinski definition) is 3. The number of hydrogen-bond donors (Lipinski definition) is 1. The average molecular weight is 295 g/mol. The van der Waals surface area contributed by atoms with Gasteiger partial charge >= 0.3 is 0 Å². The number of nitrogens with one attached hydrogen (secondary N) is 1. The Bertz CT molecular complexity index is 813. The molecule has 0 saturated heterocycles. The molecule has 2 aromatic heterocycles. The Balaban J connectivity index is 1.79. The van der Waals surface area contributed by atoms with Crippen molar-refractivity contribution in [3.05, 3.63) is 59.9 Å². The molecular formula is C16H17N5O. The predicted octanol–water partition coefficient (Wildman–Crippen LogP) is 2.47. The van der Waals surface area contributed by atoms with Gasteiger partial charge in [0.1, 0.15) is 5.69 Å². The first-order valence-electron chi connectivity index (χ1n) is 6.96. The monoisotopic (exact) mass is 295 g/mol. The van der Waals surface area contributed by atoms with Crippen LogP contribution in [0.1, 0.15) is 21.9 Å². The zero-order valence-electron chi connectivity index (χ0n) is 12.7. The van der Waals surface area contributed by atoms with Crippen LogP contribution >= 0.6 is 0 Å². The summed E-state index contributed by atoms with van der Waals surface area (Å²) in [6, 6.07) is 9.33. The van der Waals surface area contributed by atoms with Gasteiger partial charge in [0.25, 0.3) is 5.91 Å². The van der Waals surface area contributed by atoms with Crippen LogP contribution < -0.4 is 5.32 Å². The number of benzene rings is 1. The van der Waals surface area contributed by atoms with Crippen molar-refractivity contribution in [3.63, 3.8) is 0 Å². The lowest BCUT2D eigenvalue weighted by Gasteiger charge is -2.08. The van der Waals surface area contributed by atoms with E-state index in [4.69, 9.17) is 0 Å². The van der Waals surface area contributed by atoms with Crippen LogP contribution in [-0.4, -0.2) is 25.2 Å². The third kappa shape index (κ3) is 2.50. The van der Waals surface area contributed by atoms with E-state index in [9.17, 15) is 4.79 Å². The van der Waals surface area contributed by atoms with Gasteiger partial charge in [-0.25, -0.2) is 4.98 Å². The minimum atomic E-state index is -0.178. The fraction of sp³-hybridized carbons (Fsp3) is 0.188. The molecular weight excluding hydrogens is 278 g/mol. The molecule has 6 heteroatoms. The van der Waals surface area contributed by atoms with Crippen LogP contribution in [0.2, 0.25) is 0 Å². The maximum absolute atomic E-state index is 12.1. The summed E-state index contributed by atoms with van der Waals surface area (Å²) in [5, 5.41) is 6.85. The Kier molecular flexibility index (Phi) is 3.50. The SMILES string of the molecule is Cc1ncn(-c2ccc(NC(=O)c3ccnn3C)cc2)c1C. The average Bonchev–Trinajstić information content (AvgIpc) is 3.07. The highest BCUT2D eigenvalue weighted by atomic mass is 16.2. The van der Waals surface area contributed by atoms with Crippen molar-refractivity contribution in [3.8, 4) is 5.69 Å². The van der Waals surface area contributed by atoms with Gasteiger partial charge in [0.05, 0.1) is 12.0 Å². The summed E-state index contributed by atoms with van der Waals surface area (Å²) in [7, 11) is 1.74. The highest BCUT2D eigenvalue weighted by Crippen LogP contribution is 2.17. The van der Waals surface area contributed by atoms with E-state index in [1.54, 1.807) is 30.3 Å². The predicted molar refractivity (Wildman–Crippen MR) is 84.2 cm³/mol. The standard InChI is InChI=1S/C16H17N5O/c1-11-12(2)21(10-17-11)14-6-4-13(5-7-14)19-16(22)15-8-9-18-20(15)3/h4-10H,1-3H3,(H,19,22). The van der Waals surface area contributed by atoms with E-state index in [2.05, 4.69) is 15.4 Å². The molecule has 0 aliphatic heterocycles. The molecule has 0 fully saturated rings. The fourth-order valence-electron chi connectivity index (χ4n) is 2.26. The molecule has 22 heavy (non-hydrogen) atoms. The summed E-state index contributed by atoms with van der Waals surface area (Å²) >= 11 is 0. The first kappa shape index (κ1) is 14.1. The Morgan fingerprint density at radius 3 is 2.41 bits per heavy atom. The number of aryl methyl sites for hydroxylation is 2. The molecule has 0 saturated carbocycles. The number of amides is 1. The zero-order chi connectivity index (χ0) is 15.7. The van der Waals surface area contributed by atoms with Crippen LogP contribution in [0, 0.1) is 13.8 Å². The normalized spacial score (nSPS) is 10.7. The smallest absolute Gasteiger partial charge is 0.273 e. The third-order valence-electron chi connectivity index (χ3n) is 3.71.